The predicted octanol–water partition coefficient (Wildman–Crippen LogP) is 4.13. The van der Waals surface area contributed by atoms with Crippen molar-refractivity contribution in [2.75, 3.05) is 32.7 Å². The van der Waals surface area contributed by atoms with Gasteiger partial charge >= 0.3 is 0 Å². The number of nitrogens with one attached hydrogen (secondary N) is 1. The second-order valence-electron chi connectivity index (χ2n) is 8.19. The van der Waals surface area contributed by atoms with Crippen molar-refractivity contribution in [3.63, 3.8) is 0 Å². The van der Waals surface area contributed by atoms with Gasteiger partial charge in [0.05, 0.1) is 23.5 Å². The number of carbonyl (C=O) groups excluding carboxylic acids is 1. The van der Waals surface area contributed by atoms with Crippen LogP contribution < -0.4 is 0 Å². The standard InChI is InChI=1S/C25H26N4O2/c1-18-15-20(27-31-18)16-28-11-13-29(14-12-28)17-23(30)24-21-9-5-6-10-22(21)26-25(24)19-7-3-2-4-8-19/h2-10,15,26H,11-14,16-17H2,1H3. The number of hydrogen-bond acceptors (Lipinski definition) is 5. The first-order valence-corrected chi connectivity index (χ1v) is 10.7. The van der Waals surface area contributed by atoms with E-state index in [1.807, 2.05) is 67.6 Å². The summed E-state index contributed by atoms with van der Waals surface area (Å²) in [6, 6.07) is 20.1. The van der Waals surface area contributed by atoms with Crippen LogP contribution in [-0.2, 0) is 6.54 Å². The van der Waals surface area contributed by atoms with Crippen LogP contribution in [0.5, 0.6) is 0 Å². The van der Waals surface area contributed by atoms with Gasteiger partial charge in [0.2, 0.25) is 0 Å². The summed E-state index contributed by atoms with van der Waals surface area (Å²) in [5.41, 5.74) is 4.70. The topological polar surface area (TPSA) is 65.4 Å². The molecule has 3 heterocycles. The van der Waals surface area contributed by atoms with E-state index in [4.69, 9.17) is 4.52 Å². The summed E-state index contributed by atoms with van der Waals surface area (Å²) < 4.78 is 5.17. The smallest absolute Gasteiger partial charge is 0.179 e. The first-order valence-electron chi connectivity index (χ1n) is 10.7. The minimum atomic E-state index is 0.164. The number of rotatable bonds is 6. The summed E-state index contributed by atoms with van der Waals surface area (Å²) in [6.07, 6.45) is 0. The number of benzene rings is 2. The lowest BCUT2D eigenvalue weighted by Gasteiger charge is -2.33. The van der Waals surface area contributed by atoms with E-state index >= 15 is 0 Å². The maximum Gasteiger partial charge on any atom is 0.179 e. The number of piperazine rings is 1. The van der Waals surface area contributed by atoms with E-state index < -0.39 is 0 Å². The molecule has 1 fully saturated rings. The van der Waals surface area contributed by atoms with Crippen LogP contribution in [0.1, 0.15) is 21.8 Å². The number of Topliss-reactive ketones (excluding diaryl/α,β-unsaturated/α-hetero) is 1. The highest BCUT2D eigenvalue weighted by Gasteiger charge is 2.24. The number of aromatic amines is 1. The number of H-pyrrole nitrogens is 1. The summed E-state index contributed by atoms with van der Waals surface area (Å²) >= 11 is 0. The Balaban J connectivity index is 1.31. The molecule has 1 aliphatic rings. The molecule has 0 radical (unpaired) electrons. The second-order valence-corrected chi connectivity index (χ2v) is 8.19. The number of carbonyl (C=O) groups is 1. The maximum absolute atomic E-state index is 13.5. The van der Waals surface area contributed by atoms with E-state index in [9.17, 15) is 4.79 Å². The van der Waals surface area contributed by atoms with E-state index in [1.165, 1.54) is 0 Å². The fourth-order valence-electron chi connectivity index (χ4n) is 4.36. The van der Waals surface area contributed by atoms with Gasteiger partial charge in [-0.1, -0.05) is 53.7 Å². The third-order valence-electron chi connectivity index (χ3n) is 5.94. The van der Waals surface area contributed by atoms with E-state index in [2.05, 4.69) is 19.9 Å². The van der Waals surface area contributed by atoms with Crippen molar-refractivity contribution < 1.29 is 9.32 Å². The summed E-state index contributed by atoms with van der Waals surface area (Å²) in [4.78, 5) is 21.5. The third-order valence-corrected chi connectivity index (χ3v) is 5.94. The van der Waals surface area contributed by atoms with Gasteiger partial charge in [-0.05, 0) is 18.6 Å². The van der Waals surface area contributed by atoms with Crippen LogP contribution in [0.25, 0.3) is 22.2 Å². The molecule has 0 amide bonds. The lowest BCUT2D eigenvalue weighted by molar-refractivity contribution is 0.0843. The number of aromatic nitrogens is 2. The molecule has 0 saturated carbocycles. The van der Waals surface area contributed by atoms with Crippen molar-refractivity contribution in [2.45, 2.75) is 13.5 Å². The fraction of sp³-hybridized carbons (Fsp3) is 0.280. The Hall–Kier alpha value is -3.22. The van der Waals surface area contributed by atoms with Crippen molar-refractivity contribution in [1.82, 2.24) is 19.9 Å². The molecule has 0 spiro atoms. The van der Waals surface area contributed by atoms with Crippen molar-refractivity contribution >= 4 is 16.7 Å². The van der Waals surface area contributed by atoms with Crippen LogP contribution in [0.4, 0.5) is 0 Å². The zero-order valence-electron chi connectivity index (χ0n) is 17.7. The molecule has 6 nitrogen and oxygen atoms in total. The monoisotopic (exact) mass is 414 g/mol. The third kappa shape index (κ3) is 4.17. The number of fused-ring (bicyclic) bond motifs is 1. The van der Waals surface area contributed by atoms with Crippen molar-refractivity contribution in [3.8, 4) is 11.3 Å². The lowest BCUT2D eigenvalue weighted by Crippen LogP contribution is -2.47. The van der Waals surface area contributed by atoms with Crippen molar-refractivity contribution in [2.24, 2.45) is 0 Å². The molecule has 0 atom stereocenters. The molecule has 1 aliphatic heterocycles. The molecule has 2 aromatic heterocycles. The Bertz CT molecular complexity index is 1190. The van der Waals surface area contributed by atoms with Crippen LogP contribution in [-0.4, -0.2) is 58.4 Å². The highest BCUT2D eigenvalue weighted by atomic mass is 16.5. The highest BCUT2D eigenvalue weighted by Crippen LogP contribution is 2.31. The molecular formula is C25H26N4O2. The van der Waals surface area contributed by atoms with E-state index in [0.29, 0.717) is 6.54 Å². The van der Waals surface area contributed by atoms with E-state index in [-0.39, 0.29) is 5.78 Å². The molecule has 0 aliphatic carbocycles. The number of nitrogens with zero attached hydrogens (tertiary/aromatic N) is 3. The van der Waals surface area contributed by atoms with Gasteiger partial charge in [0.1, 0.15) is 5.76 Å². The van der Waals surface area contributed by atoms with Gasteiger partial charge < -0.3 is 9.51 Å². The van der Waals surface area contributed by atoms with Gasteiger partial charge in [0.25, 0.3) is 0 Å². The fourth-order valence-corrected chi connectivity index (χ4v) is 4.36. The Morgan fingerprint density at radius 3 is 2.45 bits per heavy atom. The van der Waals surface area contributed by atoms with Crippen LogP contribution in [0.2, 0.25) is 0 Å². The zero-order chi connectivity index (χ0) is 21.2. The Morgan fingerprint density at radius 2 is 1.71 bits per heavy atom. The molecule has 2 aromatic carbocycles. The van der Waals surface area contributed by atoms with Crippen LogP contribution >= 0.6 is 0 Å². The van der Waals surface area contributed by atoms with Gasteiger partial charge in [0.15, 0.2) is 5.78 Å². The first kappa shape index (κ1) is 19.7. The molecule has 6 heteroatoms. The van der Waals surface area contributed by atoms with Crippen molar-refractivity contribution in [1.29, 1.82) is 0 Å². The normalized spacial score (nSPS) is 15.5. The van der Waals surface area contributed by atoms with Crippen LogP contribution in [0.15, 0.2) is 65.2 Å². The summed E-state index contributed by atoms with van der Waals surface area (Å²) in [7, 11) is 0. The summed E-state index contributed by atoms with van der Waals surface area (Å²) in [6.45, 7) is 6.70. The zero-order valence-corrected chi connectivity index (χ0v) is 17.7. The molecule has 1 saturated heterocycles. The molecule has 158 valence electrons. The quantitative estimate of drug-likeness (QED) is 0.481. The average molecular weight is 415 g/mol. The van der Waals surface area contributed by atoms with Crippen LogP contribution in [0.3, 0.4) is 0 Å². The SMILES string of the molecule is Cc1cc(CN2CCN(CC(=O)c3c(-c4ccccc4)[nH]c4ccccc34)CC2)no1. The Kier molecular flexibility index (Phi) is 5.40. The van der Waals surface area contributed by atoms with Gasteiger partial charge in [-0.15, -0.1) is 0 Å². The molecule has 5 rings (SSSR count). The summed E-state index contributed by atoms with van der Waals surface area (Å²) in [5.74, 6) is 1.00. The second kappa shape index (κ2) is 8.49. The average Bonchev–Trinajstić information content (AvgIpc) is 3.39. The summed E-state index contributed by atoms with van der Waals surface area (Å²) in [5, 5.41) is 5.08. The molecule has 1 N–H and O–H groups in total. The van der Waals surface area contributed by atoms with E-state index in [0.717, 1.165) is 71.9 Å². The van der Waals surface area contributed by atoms with Gasteiger partial charge in [0, 0.05) is 49.7 Å². The Labute approximate surface area is 181 Å². The predicted molar refractivity (Wildman–Crippen MR) is 121 cm³/mol. The van der Waals surface area contributed by atoms with Crippen LogP contribution in [0, 0.1) is 6.92 Å². The number of aryl methyl sites for hydroxylation is 1. The number of para-hydroxylation sites is 1. The molecule has 4 aromatic rings. The molecular weight excluding hydrogens is 388 g/mol. The molecule has 31 heavy (non-hydrogen) atoms. The highest BCUT2D eigenvalue weighted by molar-refractivity contribution is 6.14. The number of ketones is 1. The lowest BCUT2D eigenvalue weighted by atomic mass is 10.0. The van der Waals surface area contributed by atoms with Gasteiger partial charge in [-0.3, -0.25) is 14.6 Å². The largest absolute Gasteiger partial charge is 0.361 e. The molecule has 0 bridgehead atoms. The van der Waals surface area contributed by atoms with Gasteiger partial charge in [-0.25, -0.2) is 0 Å². The van der Waals surface area contributed by atoms with Crippen molar-refractivity contribution in [3.05, 3.63) is 77.7 Å². The Morgan fingerprint density at radius 1 is 1.00 bits per heavy atom. The maximum atomic E-state index is 13.5. The minimum Gasteiger partial charge on any atom is -0.361 e. The van der Waals surface area contributed by atoms with Gasteiger partial charge in [-0.2, -0.15) is 0 Å². The first-order chi connectivity index (χ1) is 15.2. The minimum absolute atomic E-state index is 0.164. The van der Waals surface area contributed by atoms with E-state index in [1.54, 1.807) is 0 Å². The number of hydrogen-bond donors (Lipinski definition) is 1. The molecule has 0 unspecified atom stereocenters.